The van der Waals surface area contributed by atoms with Crippen molar-refractivity contribution in [2.24, 2.45) is 0 Å². The van der Waals surface area contributed by atoms with Crippen molar-refractivity contribution in [2.75, 3.05) is 0 Å². The molecule has 0 bridgehead atoms. The second-order valence-corrected chi connectivity index (χ2v) is 6.85. The monoisotopic (exact) mass is 419 g/mol. The summed E-state index contributed by atoms with van der Waals surface area (Å²) in [5.41, 5.74) is 1.64. The summed E-state index contributed by atoms with van der Waals surface area (Å²) in [4.78, 5) is 7.53. The standard InChI is InChI=1S/C13H11FIN3S2/c1-2-10(12-16-3-4-20-12)18-11-5-7(14)8(15)6-9(11)17-13(18)19/h3-6,10H,2H2,1H3,(H,17,19). The smallest absolute Gasteiger partial charge is 0.178 e. The van der Waals surface area contributed by atoms with Crippen molar-refractivity contribution in [1.29, 1.82) is 0 Å². The molecular weight excluding hydrogens is 408 g/mol. The largest absolute Gasteiger partial charge is 0.331 e. The van der Waals surface area contributed by atoms with E-state index in [2.05, 4.69) is 16.9 Å². The Bertz CT molecular complexity index is 807. The molecule has 7 heteroatoms. The number of hydrogen-bond donors (Lipinski definition) is 1. The zero-order chi connectivity index (χ0) is 14.3. The average molecular weight is 419 g/mol. The van der Waals surface area contributed by atoms with Gasteiger partial charge in [0, 0.05) is 17.6 Å². The molecule has 0 amide bonds. The van der Waals surface area contributed by atoms with E-state index in [1.54, 1.807) is 29.7 Å². The van der Waals surface area contributed by atoms with Crippen molar-refractivity contribution in [3.05, 3.63) is 42.9 Å². The van der Waals surface area contributed by atoms with Gasteiger partial charge in [0.2, 0.25) is 0 Å². The van der Waals surface area contributed by atoms with E-state index in [0.717, 1.165) is 22.5 Å². The lowest BCUT2D eigenvalue weighted by Gasteiger charge is -2.15. The second-order valence-electron chi connectivity index (χ2n) is 4.38. The number of nitrogens with zero attached hydrogens (tertiary/aromatic N) is 2. The molecule has 2 heterocycles. The van der Waals surface area contributed by atoms with Crippen LogP contribution in [0, 0.1) is 14.2 Å². The minimum atomic E-state index is -0.227. The van der Waals surface area contributed by atoms with Crippen LogP contribution in [-0.2, 0) is 0 Å². The molecular formula is C13H11FIN3S2. The number of benzene rings is 1. The average Bonchev–Trinajstić information content (AvgIpc) is 3.02. The molecule has 3 rings (SSSR count). The summed E-state index contributed by atoms with van der Waals surface area (Å²) in [6, 6.07) is 3.36. The molecule has 0 saturated heterocycles. The van der Waals surface area contributed by atoms with Crippen LogP contribution in [0.1, 0.15) is 24.4 Å². The Labute approximate surface area is 138 Å². The van der Waals surface area contributed by atoms with Gasteiger partial charge in [-0.1, -0.05) is 6.92 Å². The maximum absolute atomic E-state index is 13.9. The summed E-state index contributed by atoms with van der Waals surface area (Å²) in [6.45, 7) is 2.08. The third-order valence-corrected chi connectivity index (χ3v) is 5.20. The highest BCUT2D eigenvalue weighted by Gasteiger charge is 2.19. The Morgan fingerprint density at radius 1 is 1.55 bits per heavy atom. The predicted molar refractivity (Wildman–Crippen MR) is 90.3 cm³/mol. The number of thiazole rings is 1. The molecule has 0 radical (unpaired) electrons. The lowest BCUT2D eigenvalue weighted by molar-refractivity contribution is 0.569. The number of rotatable bonds is 3. The second kappa shape index (κ2) is 5.53. The molecule has 1 N–H and O–H groups in total. The molecule has 0 saturated carbocycles. The minimum absolute atomic E-state index is 0.0377. The number of aromatic amines is 1. The summed E-state index contributed by atoms with van der Waals surface area (Å²) in [5.74, 6) is -0.227. The van der Waals surface area contributed by atoms with Crippen LogP contribution in [0.25, 0.3) is 11.0 Å². The first-order valence-electron chi connectivity index (χ1n) is 6.10. The maximum Gasteiger partial charge on any atom is 0.178 e. The van der Waals surface area contributed by atoms with Crippen LogP contribution in [0.2, 0.25) is 0 Å². The summed E-state index contributed by atoms with van der Waals surface area (Å²) in [5, 5.41) is 2.93. The normalized spacial score (nSPS) is 12.9. The van der Waals surface area contributed by atoms with Gasteiger partial charge in [-0.05, 0) is 47.3 Å². The molecule has 0 aliphatic heterocycles. The third kappa shape index (κ3) is 2.31. The van der Waals surface area contributed by atoms with E-state index in [4.69, 9.17) is 12.2 Å². The number of H-pyrrole nitrogens is 1. The Balaban J connectivity index is 2.27. The van der Waals surface area contributed by atoms with Crippen LogP contribution in [0.3, 0.4) is 0 Å². The molecule has 1 aromatic carbocycles. The Morgan fingerprint density at radius 3 is 3.00 bits per heavy atom. The van der Waals surface area contributed by atoms with Crippen molar-refractivity contribution >= 4 is 57.2 Å². The summed E-state index contributed by atoms with van der Waals surface area (Å²) in [7, 11) is 0. The zero-order valence-corrected chi connectivity index (χ0v) is 14.4. The molecule has 104 valence electrons. The SMILES string of the molecule is CCC(c1nccs1)n1c(=S)[nH]c2cc(I)c(F)cc21. The number of halogens is 2. The number of aromatic nitrogens is 3. The van der Waals surface area contributed by atoms with Gasteiger partial charge in [-0.2, -0.15) is 0 Å². The van der Waals surface area contributed by atoms with Gasteiger partial charge in [0.1, 0.15) is 10.8 Å². The van der Waals surface area contributed by atoms with Crippen LogP contribution < -0.4 is 0 Å². The van der Waals surface area contributed by atoms with E-state index in [1.165, 1.54) is 0 Å². The van der Waals surface area contributed by atoms with Gasteiger partial charge >= 0.3 is 0 Å². The molecule has 0 fully saturated rings. The van der Waals surface area contributed by atoms with E-state index in [9.17, 15) is 4.39 Å². The molecule has 1 atom stereocenters. The number of nitrogens with one attached hydrogen (secondary N) is 1. The highest BCUT2D eigenvalue weighted by molar-refractivity contribution is 14.1. The van der Waals surface area contributed by atoms with Crippen LogP contribution in [0.5, 0.6) is 0 Å². The van der Waals surface area contributed by atoms with Gasteiger partial charge in [0.25, 0.3) is 0 Å². The van der Waals surface area contributed by atoms with E-state index in [1.807, 2.05) is 32.5 Å². The van der Waals surface area contributed by atoms with E-state index in [-0.39, 0.29) is 11.9 Å². The van der Waals surface area contributed by atoms with Crippen LogP contribution in [0.15, 0.2) is 23.7 Å². The van der Waals surface area contributed by atoms with Crippen LogP contribution in [-0.4, -0.2) is 14.5 Å². The van der Waals surface area contributed by atoms with Gasteiger partial charge in [0.05, 0.1) is 20.6 Å². The highest BCUT2D eigenvalue weighted by Crippen LogP contribution is 2.29. The quantitative estimate of drug-likeness (QED) is 0.484. The van der Waals surface area contributed by atoms with E-state index < -0.39 is 0 Å². The molecule has 3 aromatic rings. The highest BCUT2D eigenvalue weighted by atomic mass is 127. The zero-order valence-electron chi connectivity index (χ0n) is 10.6. The number of hydrogen-bond acceptors (Lipinski definition) is 3. The predicted octanol–water partition coefficient (Wildman–Crippen LogP) is 4.90. The van der Waals surface area contributed by atoms with Crippen molar-refractivity contribution in [3.8, 4) is 0 Å². The topological polar surface area (TPSA) is 33.6 Å². The maximum atomic E-state index is 13.9. The first-order valence-corrected chi connectivity index (χ1v) is 8.47. The first-order chi connectivity index (χ1) is 9.61. The lowest BCUT2D eigenvalue weighted by atomic mass is 10.2. The molecule has 3 nitrogen and oxygen atoms in total. The van der Waals surface area contributed by atoms with E-state index in [0.29, 0.717) is 8.34 Å². The van der Waals surface area contributed by atoms with E-state index >= 15 is 0 Å². The van der Waals surface area contributed by atoms with Gasteiger partial charge in [-0.3, -0.25) is 0 Å². The Kier molecular flexibility index (Phi) is 3.91. The Morgan fingerprint density at radius 2 is 2.35 bits per heavy atom. The molecule has 0 aliphatic carbocycles. The van der Waals surface area contributed by atoms with Crippen molar-refractivity contribution < 1.29 is 4.39 Å². The fraction of sp³-hybridized carbons (Fsp3) is 0.231. The third-order valence-electron chi connectivity index (χ3n) is 3.19. The number of imidazole rings is 1. The Hall–Kier alpha value is -0.800. The molecule has 20 heavy (non-hydrogen) atoms. The minimum Gasteiger partial charge on any atom is -0.331 e. The van der Waals surface area contributed by atoms with Crippen LogP contribution >= 0.6 is 46.1 Å². The van der Waals surface area contributed by atoms with Crippen molar-refractivity contribution in [3.63, 3.8) is 0 Å². The molecule has 0 spiro atoms. The van der Waals surface area contributed by atoms with Crippen molar-refractivity contribution in [1.82, 2.24) is 14.5 Å². The van der Waals surface area contributed by atoms with Crippen LogP contribution in [0.4, 0.5) is 4.39 Å². The fourth-order valence-corrected chi connectivity index (χ4v) is 3.91. The first kappa shape index (κ1) is 14.2. The molecule has 2 aromatic heterocycles. The summed E-state index contributed by atoms with van der Waals surface area (Å²) >= 11 is 8.99. The molecule has 1 unspecified atom stereocenters. The molecule has 0 aliphatic rings. The number of fused-ring (bicyclic) bond motifs is 1. The van der Waals surface area contributed by atoms with Gasteiger partial charge in [0.15, 0.2) is 4.77 Å². The fourth-order valence-electron chi connectivity index (χ4n) is 2.30. The van der Waals surface area contributed by atoms with Gasteiger partial charge in [-0.15, -0.1) is 11.3 Å². The van der Waals surface area contributed by atoms with Gasteiger partial charge in [-0.25, -0.2) is 9.37 Å². The van der Waals surface area contributed by atoms with Gasteiger partial charge < -0.3 is 9.55 Å². The lowest BCUT2D eigenvalue weighted by Crippen LogP contribution is -2.09. The summed E-state index contributed by atoms with van der Waals surface area (Å²) < 4.78 is 17.0. The summed E-state index contributed by atoms with van der Waals surface area (Å²) in [6.07, 6.45) is 2.63. The van der Waals surface area contributed by atoms with Crippen molar-refractivity contribution in [2.45, 2.75) is 19.4 Å².